The third-order valence-corrected chi connectivity index (χ3v) is 3.70. The summed E-state index contributed by atoms with van der Waals surface area (Å²) in [6.07, 6.45) is 1.42. The van der Waals surface area contributed by atoms with E-state index in [-0.39, 0.29) is 0 Å². The molecule has 1 rings (SSSR count). The van der Waals surface area contributed by atoms with E-state index in [0.717, 1.165) is 23.4 Å². The third kappa shape index (κ3) is 4.22. The number of nitrogens with one attached hydrogen (secondary N) is 1. The molecular formula is C16H27NO2. The summed E-state index contributed by atoms with van der Waals surface area (Å²) in [5.74, 6) is 0.903. The smallest absolute Gasteiger partial charge is 0.125 e. The molecular weight excluding hydrogens is 238 g/mol. The molecule has 1 aromatic carbocycles. The molecule has 0 aromatic heterocycles. The fraction of sp³-hybridized carbons (Fsp3) is 0.625. The molecule has 19 heavy (non-hydrogen) atoms. The van der Waals surface area contributed by atoms with Gasteiger partial charge in [0.05, 0.1) is 5.60 Å². The highest BCUT2D eigenvalue weighted by molar-refractivity contribution is 5.43. The number of hydrogen-bond acceptors (Lipinski definition) is 3. The van der Waals surface area contributed by atoms with Crippen molar-refractivity contribution in [3.63, 3.8) is 0 Å². The van der Waals surface area contributed by atoms with Crippen LogP contribution in [0, 0.1) is 13.8 Å². The van der Waals surface area contributed by atoms with Gasteiger partial charge >= 0.3 is 0 Å². The second-order valence-electron chi connectivity index (χ2n) is 5.31. The molecule has 0 spiro atoms. The van der Waals surface area contributed by atoms with Gasteiger partial charge in [-0.15, -0.1) is 0 Å². The van der Waals surface area contributed by atoms with Crippen LogP contribution in [0.1, 0.15) is 43.4 Å². The van der Waals surface area contributed by atoms with E-state index in [9.17, 15) is 5.11 Å². The summed E-state index contributed by atoms with van der Waals surface area (Å²) >= 11 is 0. The van der Waals surface area contributed by atoms with Crippen molar-refractivity contribution in [2.24, 2.45) is 0 Å². The summed E-state index contributed by atoms with van der Waals surface area (Å²) < 4.78 is 5.88. The van der Waals surface area contributed by atoms with Crippen LogP contribution in [0.3, 0.4) is 0 Å². The van der Waals surface area contributed by atoms with Crippen LogP contribution in [-0.2, 0) is 6.54 Å². The Kier molecular flexibility index (Phi) is 5.83. The van der Waals surface area contributed by atoms with E-state index in [1.54, 1.807) is 0 Å². The monoisotopic (exact) mass is 265 g/mol. The first-order chi connectivity index (χ1) is 8.95. The Morgan fingerprint density at radius 2 is 1.68 bits per heavy atom. The van der Waals surface area contributed by atoms with Crippen LogP contribution >= 0.6 is 0 Å². The van der Waals surface area contributed by atoms with Crippen LogP contribution in [0.25, 0.3) is 0 Å². The van der Waals surface area contributed by atoms with Gasteiger partial charge in [-0.3, -0.25) is 0 Å². The van der Waals surface area contributed by atoms with Gasteiger partial charge < -0.3 is 15.2 Å². The van der Waals surface area contributed by atoms with E-state index >= 15 is 0 Å². The Labute approximate surface area is 117 Å². The summed E-state index contributed by atoms with van der Waals surface area (Å²) in [6, 6.07) is 4.27. The molecule has 108 valence electrons. The van der Waals surface area contributed by atoms with Crippen LogP contribution in [0.15, 0.2) is 12.1 Å². The van der Waals surface area contributed by atoms with Crippen molar-refractivity contribution < 1.29 is 9.84 Å². The van der Waals surface area contributed by atoms with Crippen molar-refractivity contribution in [2.45, 2.75) is 52.7 Å². The molecule has 3 heteroatoms. The molecule has 0 unspecified atom stereocenters. The Bertz CT molecular complexity index is 388. The van der Waals surface area contributed by atoms with Gasteiger partial charge in [-0.05, 0) is 50.4 Å². The van der Waals surface area contributed by atoms with Crippen molar-refractivity contribution in [3.8, 4) is 5.75 Å². The number of hydrogen-bond donors (Lipinski definition) is 2. The first-order valence-electron chi connectivity index (χ1n) is 7.05. The molecule has 0 aliphatic rings. The Hall–Kier alpha value is -1.06. The van der Waals surface area contributed by atoms with E-state index in [1.807, 2.05) is 20.9 Å². The van der Waals surface area contributed by atoms with Gasteiger partial charge in [0.15, 0.2) is 0 Å². The SMILES string of the molecule is CCC(O)(CC)COc1c(C)cc(CNC)cc1C. The first-order valence-corrected chi connectivity index (χ1v) is 7.05. The fourth-order valence-corrected chi connectivity index (χ4v) is 2.23. The second kappa shape index (κ2) is 6.92. The summed E-state index contributed by atoms with van der Waals surface area (Å²) in [4.78, 5) is 0. The zero-order valence-corrected chi connectivity index (χ0v) is 12.8. The average Bonchev–Trinajstić information content (AvgIpc) is 2.38. The summed E-state index contributed by atoms with van der Waals surface area (Å²) in [5.41, 5.74) is 2.79. The topological polar surface area (TPSA) is 41.5 Å². The average molecular weight is 265 g/mol. The predicted molar refractivity (Wildman–Crippen MR) is 79.7 cm³/mol. The number of benzene rings is 1. The Balaban J connectivity index is 2.84. The molecule has 0 atom stereocenters. The largest absolute Gasteiger partial charge is 0.490 e. The first kappa shape index (κ1) is 16.0. The van der Waals surface area contributed by atoms with Gasteiger partial charge in [0, 0.05) is 6.54 Å². The molecule has 0 saturated carbocycles. The minimum absolute atomic E-state index is 0.354. The van der Waals surface area contributed by atoms with Gasteiger partial charge in [0.2, 0.25) is 0 Å². The Morgan fingerprint density at radius 3 is 2.11 bits per heavy atom. The van der Waals surface area contributed by atoms with Gasteiger partial charge in [0.25, 0.3) is 0 Å². The predicted octanol–water partition coefficient (Wildman–Crippen LogP) is 2.95. The lowest BCUT2D eigenvalue weighted by atomic mass is 9.99. The number of aryl methyl sites for hydroxylation is 2. The fourth-order valence-electron chi connectivity index (χ4n) is 2.23. The number of rotatable bonds is 7. The van der Waals surface area contributed by atoms with Crippen LogP contribution in [0.2, 0.25) is 0 Å². The lowest BCUT2D eigenvalue weighted by molar-refractivity contribution is -0.0117. The van der Waals surface area contributed by atoms with E-state index in [0.29, 0.717) is 19.4 Å². The van der Waals surface area contributed by atoms with Crippen molar-refractivity contribution in [2.75, 3.05) is 13.7 Å². The quantitative estimate of drug-likeness (QED) is 0.796. The standard InChI is InChI=1S/C16H27NO2/c1-6-16(18,7-2)11-19-15-12(3)8-14(10-17-5)9-13(15)4/h8-9,17-18H,6-7,10-11H2,1-5H3. The molecule has 0 saturated heterocycles. The maximum Gasteiger partial charge on any atom is 0.125 e. The highest BCUT2D eigenvalue weighted by Gasteiger charge is 2.23. The van der Waals surface area contributed by atoms with E-state index in [1.165, 1.54) is 5.56 Å². The van der Waals surface area contributed by atoms with Crippen LogP contribution < -0.4 is 10.1 Å². The van der Waals surface area contributed by atoms with E-state index < -0.39 is 5.60 Å². The van der Waals surface area contributed by atoms with Crippen LogP contribution in [0.4, 0.5) is 0 Å². The van der Waals surface area contributed by atoms with Gasteiger partial charge in [-0.2, -0.15) is 0 Å². The summed E-state index contributed by atoms with van der Waals surface area (Å²) in [5, 5.41) is 13.4. The van der Waals surface area contributed by atoms with Gasteiger partial charge in [0.1, 0.15) is 12.4 Å². The molecule has 0 aliphatic carbocycles. The van der Waals surface area contributed by atoms with Crippen molar-refractivity contribution in [1.82, 2.24) is 5.32 Å². The molecule has 2 N–H and O–H groups in total. The zero-order valence-electron chi connectivity index (χ0n) is 12.8. The van der Waals surface area contributed by atoms with Crippen molar-refractivity contribution in [1.29, 1.82) is 0 Å². The van der Waals surface area contributed by atoms with Gasteiger partial charge in [-0.1, -0.05) is 26.0 Å². The maximum atomic E-state index is 10.3. The lowest BCUT2D eigenvalue weighted by Crippen LogP contribution is -2.34. The molecule has 0 amide bonds. The van der Waals surface area contributed by atoms with Crippen LogP contribution in [-0.4, -0.2) is 24.4 Å². The van der Waals surface area contributed by atoms with E-state index in [2.05, 4.69) is 31.3 Å². The molecule has 3 nitrogen and oxygen atoms in total. The number of aliphatic hydroxyl groups is 1. The number of ether oxygens (including phenoxy) is 1. The molecule has 0 heterocycles. The third-order valence-electron chi connectivity index (χ3n) is 3.70. The maximum absolute atomic E-state index is 10.3. The summed E-state index contributed by atoms with van der Waals surface area (Å²) in [7, 11) is 1.94. The molecule has 0 bridgehead atoms. The van der Waals surface area contributed by atoms with Crippen molar-refractivity contribution in [3.05, 3.63) is 28.8 Å². The summed E-state index contributed by atoms with van der Waals surface area (Å²) in [6.45, 7) is 9.30. The minimum Gasteiger partial charge on any atom is -0.490 e. The highest BCUT2D eigenvalue weighted by atomic mass is 16.5. The van der Waals surface area contributed by atoms with E-state index in [4.69, 9.17) is 4.74 Å². The molecule has 0 radical (unpaired) electrons. The highest BCUT2D eigenvalue weighted by Crippen LogP contribution is 2.27. The lowest BCUT2D eigenvalue weighted by Gasteiger charge is -2.26. The van der Waals surface area contributed by atoms with Crippen LogP contribution in [0.5, 0.6) is 5.75 Å². The molecule has 0 fully saturated rings. The molecule has 0 aliphatic heterocycles. The minimum atomic E-state index is -0.720. The zero-order chi connectivity index (χ0) is 14.5. The van der Waals surface area contributed by atoms with Crippen molar-refractivity contribution >= 4 is 0 Å². The molecule has 1 aromatic rings. The normalized spacial score (nSPS) is 11.7. The van der Waals surface area contributed by atoms with Gasteiger partial charge in [-0.25, -0.2) is 0 Å². The Morgan fingerprint density at radius 1 is 1.16 bits per heavy atom. The second-order valence-corrected chi connectivity index (χ2v) is 5.31.